The molecule has 8 nitrogen and oxygen atoms in total. The van der Waals surface area contributed by atoms with E-state index >= 15 is 0 Å². The Bertz CT molecular complexity index is 1020. The molecule has 9 heteroatoms. The molecule has 0 bridgehead atoms. The number of hydrogen-bond donors (Lipinski definition) is 2. The SMILES string of the molecule is CNC(=O)NC(=O)C(C)OC(=O)c1ccccc1CSc1nc2ccccc2o1. The van der Waals surface area contributed by atoms with Crippen molar-refractivity contribution in [1.82, 2.24) is 15.6 Å². The molecule has 0 aliphatic heterocycles. The summed E-state index contributed by atoms with van der Waals surface area (Å²) in [7, 11) is 1.38. The number of urea groups is 1. The summed E-state index contributed by atoms with van der Waals surface area (Å²) in [4.78, 5) is 40.0. The van der Waals surface area contributed by atoms with E-state index < -0.39 is 24.0 Å². The van der Waals surface area contributed by atoms with Crippen LogP contribution in [0, 0.1) is 0 Å². The number of fused-ring (bicyclic) bond motifs is 1. The zero-order valence-electron chi connectivity index (χ0n) is 15.8. The molecule has 2 N–H and O–H groups in total. The third kappa shape index (κ3) is 5.14. The van der Waals surface area contributed by atoms with E-state index in [1.165, 1.54) is 25.7 Å². The number of nitrogens with one attached hydrogen (secondary N) is 2. The summed E-state index contributed by atoms with van der Waals surface area (Å²) in [6.45, 7) is 1.39. The fourth-order valence-corrected chi connectivity index (χ4v) is 3.29. The molecule has 150 valence electrons. The van der Waals surface area contributed by atoms with Gasteiger partial charge < -0.3 is 14.5 Å². The monoisotopic (exact) mass is 413 g/mol. The minimum absolute atomic E-state index is 0.329. The molecule has 0 saturated heterocycles. The highest BCUT2D eigenvalue weighted by Gasteiger charge is 2.22. The van der Waals surface area contributed by atoms with Crippen molar-refractivity contribution in [3.05, 3.63) is 59.7 Å². The molecule has 1 unspecified atom stereocenters. The van der Waals surface area contributed by atoms with E-state index in [0.29, 0.717) is 27.7 Å². The number of rotatable bonds is 6. The third-order valence-electron chi connectivity index (χ3n) is 3.98. The van der Waals surface area contributed by atoms with E-state index in [1.807, 2.05) is 24.3 Å². The number of ether oxygens (including phenoxy) is 1. The van der Waals surface area contributed by atoms with Crippen LogP contribution in [0.25, 0.3) is 11.1 Å². The van der Waals surface area contributed by atoms with Gasteiger partial charge >= 0.3 is 12.0 Å². The van der Waals surface area contributed by atoms with E-state index in [0.717, 1.165) is 5.52 Å². The molecule has 1 heterocycles. The molecular weight excluding hydrogens is 394 g/mol. The largest absolute Gasteiger partial charge is 0.449 e. The summed E-state index contributed by atoms with van der Waals surface area (Å²) in [6.07, 6.45) is -1.13. The summed E-state index contributed by atoms with van der Waals surface area (Å²) < 4.78 is 10.9. The van der Waals surface area contributed by atoms with Gasteiger partial charge in [0, 0.05) is 12.8 Å². The normalized spacial score (nSPS) is 11.7. The second-order valence-corrected chi connectivity index (χ2v) is 6.94. The Morgan fingerprint density at radius 3 is 2.62 bits per heavy atom. The van der Waals surface area contributed by atoms with Crippen LogP contribution in [0.2, 0.25) is 0 Å². The van der Waals surface area contributed by atoms with Crippen molar-refractivity contribution in [2.24, 2.45) is 0 Å². The molecule has 1 aromatic heterocycles. The van der Waals surface area contributed by atoms with Gasteiger partial charge in [0.05, 0.1) is 5.56 Å². The zero-order chi connectivity index (χ0) is 20.8. The lowest BCUT2D eigenvalue weighted by atomic mass is 10.1. The quantitative estimate of drug-likeness (QED) is 0.472. The number of benzene rings is 2. The maximum atomic E-state index is 12.5. The number of esters is 1. The average Bonchev–Trinajstić information content (AvgIpc) is 3.15. The molecule has 0 spiro atoms. The lowest BCUT2D eigenvalue weighted by Crippen LogP contribution is -2.43. The first-order chi connectivity index (χ1) is 14.0. The van der Waals surface area contributed by atoms with Crippen molar-refractivity contribution in [3.8, 4) is 0 Å². The van der Waals surface area contributed by atoms with E-state index in [9.17, 15) is 14.4 Å². The average molecular weight is 413 g/mol. The number of aromatic nitrogens is 1. The second-order valence-electron chi connectivity index (χ2n) is 6.01. The van der Waals surface area contributed by atoms with Gasteiger partial charge in [-0.3, -0.25) is 10.1 Å². The van der Waals surface area contributed by atoms with Gasteiger partial charge in [-0.15, -0.1) is 0 Å². The molecule has 3 amide bonds. The van der Waals surface area contributed by atoms with E-state index in [1.54, 1.807) is 24.3 Å². The molecule has 0 fully saturated rings. The highest BCUT2D eigenvalue weighted by atomic mass is 32.2. The number of carbonyl (C=O) groups is 3. The molecule has 1 atom stereocenters. The standard InChI is InChI=1S/C20H19N3O5S/c1-12(17(24)23-19(26)21-2)27-18(25)14-8-4-3-7-13(14)11-29-20-22-15-9-5-6-10-16(15)28-20/h3-10,12H,11H2,1-2H3,(H2,21,23,24,26). The zero-order valence-corrected chi connectivity index (χ0v) is 16.6. The van der Waals surface area contributed by atoms with Crippen LogP contribution in [0.15, 0.2) is 58.2 Å². The number of amides is 3. The first-order valence-corrected chi connectivity index (χ1v) is 9.76. The lowest BCUT2D eigenvalue weighted by Gasteiger charge is -2.14. The first-order valence-electron chi connectivity index (χ1n) is 8.77. The van der Waals surface area contributed by atoms with Crippen LogP contribution >= 0.6 is 11.8 Å². The van der Waals surface area contributed by atoms with Gasteiger partial charge in [0.15, 0.2) is 11.7 Å². The Kier molecular flexibility index (Phi) is 6.50. The Morgan fingerprint density at radius 1 is 1.14 bits per heavy atom. The molecule has 0 aliphatic carbocycles. The number of carbonyl (C=O) groups excluding carboxylic acids is 3. The fraction of sp³-hybridized carbons (Fsp3) is 0.200. The van der Waals surface area contributed by atoms with Gasteiger partial charge in [0.25, 0.3) is 11.1 Å². The van der Waals surface area contributed by atoms with Crippen LogP contribution in [0.5, 0.6) is 0 Å². The molecule has 3 aromatic rings. The molecular formula is C20H19N3O5S. The molecule has 0 radical (unpaired) electrons. The van der Waals surface area contributed by atoms with Crippen molar-refractivity contribution in [2.45, 2.75) is 24.0 Å². The number of thioether (sulfide) groups is 1. The van der Waals surface area contributed by atoms with Crippen molar-refractivity contribution >= 4 is 40.8 Å². The number of hydrogen-bond acceptors (Lipinski definition) is 7. The van der Waals surface area contributed by atoms with Gasteiger partial charge in [-0.25, -0.2) is 14.6 Å². The van der Waals surface area contributed by atoms with Crippen LogP contribution in [0.4, 0.5) is 4.79 Å². The molecule has 2 aromatic carbocycles. The minimum atomic E-state index is -1.13. The van der Waals surface area contributed by atoms with E-state index in [-0.39, 0.29) is 0 Å². The highest BCUT2D eigenvalue weighted by molar-refractivity contribution is 7.98. The maximum Gasteiger partial charge on any atom is 0.339 e. The summed E-state index contributed by atoms with van der Waals surface area (Å²) >= 11 is 1.35. The number of oxazole rings is 1. The number of imide groups is 1. The van der Waals surface area contributed by atoms with Gasteiger partial charge in [0.1, 0.15) is 5.52 Å². The van der Waals surface area contributed by atoms with Crippen LogP contribution in [-0.2, 0) is 15.3 Å². The van der Waals surface area contributed by atoms with Crippen LogP contribution in [-0.4, -0.2) is 36.0 Å². The highest BCUT2D eigenvalue weighted by Crippen LogP contribution is 2.27. The van der Waals surface area contributed by atoms with Gasteiger partial charge in [-0.05, 0) is 30.7 Å². The van der Waals surface area contributed by atoms with Crippen molar-refractivity contribution < 1.29 is 23.5 Å². The topological polar surface area (TPSA) is 111 Å². The van der Waals surface area contributed by atoms with Crippen molar-refractivity contribution in [1.29, 1.82) is 0 Å². The fourth-order valence-electron chi connectivity index (χ4n) is 2.45. The summed E-state index contributed by atoms with van der Waals surface area (Å²) in [5.41, 5.74) is 2.50. The summed E-state index contributed by atoms with van der Waals surface area (Å²) in [5, 5.41) is 4.82. The van der Waals surface area contributed by atoms with Gasteiger partial charge in [-0.1, -0.05) is 42.1 Å². The Balaban J connectivity index is 1.66. The molecule has 29 heavy (non-hydrogen) atoms. The predicted octanol–water partition coefficient (Wildman–Crippen LogP) is 3.12. The van der Waals surface area contributed by atoms with Crippen molar-refractivity contribution in [2.75, 3.05) is 7.05 Å². The minimum Gasteiger partial charge on any atom is -0.449 e. The number of para-hydroxylation sites is 2. The van der Waals surface area contributed by atoms with Crippen LogP contribution in [0.3, 0.4) is 0 Å². The van der Waals surface area contributed by atoms with Crippen LogP contribution < -0.4 is 10.6 Å². The van der Waals surface area contributed by atoms with Gasteiger partial charge in [0.2, 0.25) is 0 Å². The van der Waals surface area contributed by atoms with Crippen LogP contribution in [0.1, 0.15) is 22.8 Å². The van der Waals surface area contributed by atoms with Gasteiger partial charge in [-0.2, -0.15) is 0 Å². The molecule has 3 rings (SSSR count). The lowest BCUT2D eigenvalue weighted by molar-refractivity contribution is -0.127. The summed E-state index contributed by atoms with van der Waals surface area (Å²) in [5.74, 6) is -0.939. The smallest absolute Gasteiger partial charge is 0.339 e. The van der Waals surface area contributed by atoms with E-state index in [2.05, 4.69) is 15.6 Å². The Labute approximate surface area is 171 Å². The Morgan fingerprint density at radius 2 is 1.86 bits per heavy atom. The second kappa shape index (κ2) is 9.24. The first kappa shape index (κ1) is 20.4. The van der Waals surface area contributed by atoms with E-state index in [4.69, 9.17) is 9.15 Å². The maximum absolute atomic E-state index is 12.5. The third-order valence-corrected chi connectivity index (χ3v) is 4.86. The molecule has 0 aliphatic rings. The molecule has 0 saturated carbocycles. The number of nitrogens with zero attached hydrogens (tertiary/aromatic N) is 1. The van der Waals surface area contributed by atoms with Crippen molar-refractivity contribution in [3.63, 3.8) is 0 Å². The summed E-state index contributed by atoms with van der Waals surface area (Å²) in [6, 6.07) is 13.7. The predicted molar refractivity (Wildman–Crippen MR) is 107 cm³/mol. The Hall–Kier alpha value is -3.33.